The van der Waals surface area contributed by atoms with E-state index in [4.69, 9.17) is 9.26 Å². The Morgan fingerprint density at radius 2 is 2.08 bits per heavy atom. The fourth-order valence-electron chi connectivity index (χ4n) is 2.44. The van der Waals surface area contributed by atoms with Crippen LogP contribution in [0.25, 0.3) is 10.9 Å². The molecule has 2 aromatic heterocycles. The van der Waals surface area contributed by atoms with Crippen LogP contribution in [0.1, 0.15) is 47.4 Å². The van der Waals surface area contributed by atoms with Crippen molar-refractivity contribution in [3.05, 3.63) is 57.5 Å². The van der Waals surface area contributed by atoms with Gasteiger partial charge < -0.3 is 14.2 Å². The standard InChI is InChI=1S/C17H17N3O4/c1-9(2)15-14(10(3)20-24-15)17(22)23-8-13-18-12-7-5-4-6-11(12)16(21)19-13/h4-7,9H,8H2,1-3H3,(H,18,19,21). The van der Waals surface area contributed by atoms with Crippen LogP contribution < -0.4 is 5.56 Å². The van der Waals surface area contributed by atoms with Crippen molar-refractivity contribution in [3.63, 3.8) is 0 Å². The summed E-state index contributed by atoms with van der Waals surface area (Å²) in [6.07, 6.45) is 0. The van der Waals surface area contributed by atoms with Crippen LogP contribution in [0.2, 0.25) is 0 Å². The van der Waals surface area contributed by atoms with E-state index in [1.807, 2.05) is 13.8 Å². The summed E-state index contributed by atoms with van der Waals surface area (Å²) in [5.74, 6) is 0.227. The van der Waals surface area contributed by atoms with Gasteiger partial charge in [-0.05, 0) is 19.1 Å². The van der Waals surface area contributed by atoms with E-state index in [1.165, 1.54) is 0 Å². The lowest BCUT2D eigenvalue weighted by atomic mass is 10.1. The van der Waals surface area contributed by atoms with Crippen LogP contribution in [0.15, 0.2) is 33.6 Å². The number of carbonyl (C=O) groups excluding carboxylic acids is 1. The van der Waals surface area contributed by atoms with E-state index in [2.05, 4.69) is 15.1 Å². The van der Waals surface area contributed by atoms with Gasteiger partial charge in [0.1, 0.15) is 18.0 Å². The molecule has 0 unspecified atom stereocenters. The molecule has 0 amide bonds. The minimum Gasteiger partial charge on any atom is -0.454 e. The van der Waals surface area contributed by atoms with E-state index in [9.17, 15) is 9.59 Å². The monoisotopic (exact) mass is 327 g/mol. The maximum Gasteiger partial charge on any atom is 0.344 e. The number of H-pyrrole nitrogens is 1. The van der Waals surface area contributed by atoms with Crippen molar-refractivity contribution < 1.29 is 14.1 Å². The number of nitrogens with zero attached hydrogens (tertiary/aromatic N) is 2. The number of rotatable bonds is 4. The van der Waals surface area contributed by atoms with Gasteiger partial charge in [-0.1, -0.05) is 31.1 Å². The molecule has 0 spiro atoms. The predicted octanol–water partition coefficient (Wildman–Crippen LogP) is 2.70. The fraction of sp³-hybridized carbons (Fsp3) is 0.294. The minimum atomic E-state index is -0.548. The molecule has 1 N–H and O–H groups in total. The number of benzene rings is 1. The molecular formula is C17H17N3O4. The summed E-state index contributed by atoms with van der Waals surface area (Å²) in [7, 11) is 0. The minimum absolute atomic E-state index is 0.00681. The lowest BCUT2D eigenvalue weighted by Crippen LogP contribution is -2.15. The van der Waals surface area contributed by atoms with Gasteiger partial charge in [0.2, 0.25) is 0 Å². The lowest BCUT2D eigenvalue weighted by molar-refractivity contribution is 0.0458. The first-order chi connectivity index (χ1) is 11.5. The molecule has 0 fully saturated rings. The smallest absolute Gasteiger partial charge is 0.344 e. The van der Waals surface area contributed by atoms with Gasteiger partial charge in [0, 0.05) is 5.92 Å². The van der Waals surface area contributed by atoms with Crippen molar-refractivity contribution in [2.24, 2.45) is 0 Å². The average Bonchev–Trinajstić information content (AvgIpc) is 2.95. The van der Waals surface area contributed by atoms with Gasteiger partial charge in [0.25, 0.3) is 5.56 Å². The second-order valence-electron chi connectivity index (χ2n) is 5.77. The van der Waals surface area contributed by atoms with Gasteiger partial charge in [-0.3, -0.25) is 4.79 Å². The third-order valence-electron chi connectivity index (χ3n) is 3.62. The van der Waals surface area contributed by atoms with Crippen molar-refractivity contribution in [2.75, 3.05) is 0 Å². The average molecular weight is 327 g/mol. The SMILES string of the molecule is Cc1noc(C(C)C)c1C(=O)OCc1nc2ccccc2c(=O)[nH]1. The molecule has 0 atom stereocenters. The zero-order valence-electron chi connectivity index (χ0n) is 13.6. The highest BCUT2D eigenvalue weighted by atomic mass is 16.5. The number of para-hydroxylation sites is 1. The number of esters is 1. The number of aromatic amines is 1. The quantitative estimate of drug-likeness (QED) is 0.740. The third-order valence-corrected chi connectivity index (χ3v) is 3.62. The molecule has 0 saturated heterocycles. The summed E-state index contributed by atoms with van der Waals surface area (Å²) in [6.45, 7) is 5.35. The van der Waals surface area contributed by atoms with Crippen molar-refractivity contribution in [3.8, 4) is 0 Å². The number of aryl methyl sites for hydroxylation is 1. The molecule has 1 aromatic carbocycles. The first kappa shape index (κ1) is 15.9. The van der Waals surface area contributed by atoms with Crippen LogP contribution in [-0.2, 0) is 11.3 Å². The predicted molar refractivity (Wildman–Crippen MR) is 86.8 cm³/mol. The van der Waals surface area contributed by atoms with Crippen molar-refractivity contribution in [1.82, 2.24) is 15.1 Å². The van der Waals surface area contributed by atoms with Gasteiger partial charge >= 0.3 is 5.97 Å². The molecule has 7 heteroatoms. The topological polar surface area (TPSA) is 98.1 Å². The molecule has 24 heavy (non-hydrogen) atoms. The number of carbonyl (C=O) groups is 1. The normalized spacial score (nSPS) is 11.2. The summed E-state index contributed by atoms with van der Waals surface area (Å²) in [4.78, 5) is 31.3. The number of ether oxygens (including phenoxy) is 1. The Balaban J connectivity index is 1.82. The number of fused-ring (bicyclic) bond motifs is 1. The van der Waals surface area contributed by atoms with Gasteiger partial charge in [-0.25, -0.2) is 9.78 Å². The molecule has 0 aliphatic rings. The molecule has 124 valence electrons. The zero-order valence-corrected chi connectivity index (χ0v) is 13.6. The molecular weight excluding hydrogens is 310 g/mol. The molecule has 2 heterocycles. The van der Waals surface area contributed by atoms with Gasteiger partial charge in [-0.15, -0.1) is 0 Å². The summed E-state index contributed by atoms with van der Waals surface area (Å²) >= 11 is 0. The first-order valence-electron chi connectivity index (χ1n) is 7.58. The number of hydrogen-bond donors (Lipinski definition) is 1. The Morgan fingerprint density at radius 1 is 1.33 bits per heavy atom. The summed E-state index contributed by atoms with van der Waals surface area (Å²) in [5.41, 5.74) is 1.09. The van der Waals surface area contributed by atoms with Crippen LogP contribution >= 0.6 is 0 Å². The molecule has 0 saturated carbocycles. The second kappa shape index (κ2) is 6.27. The zero-order chi connectivity index (χ0) is 17.3. The Hall–Kier alpha value is -2.96. The Labute approximate surface area is 137 Å². The first-order valence-corrected chi connectivity index (χ1v) is 7.58. The van der Waals surface area contributed by atoms with E-state index in [0.717, 1.165) is 0 Å². The maximum atomic E-state index is 12.3. The van der Waals surface area contributed by atoms with E-state index < -0.39 is 5.97 Å². The number of aromatic nitrogens is 3. The second-order valence-corrected chi connectivity index (χ2v) is 5.77. The molecule has 7 nitrogen and oxygen atoms in total. The van der Waals surface area contributed by atoms with Crippen LogP contribution in [0.5, 0.6) is 0 Å². The highest BCUT2D eigenvalue weighted by Gasteiger charge is 2.24. The summed E-state index contributed by atoms with van der Waals surface area (Å²) in [6, 6.07) is 6.98. The highest BCUT2D eigenvalue weighted by Crippen LogP contribution is 2.23. The van der Waals surface area contributed by atoms with Crippen LogP contribution in [-0.4, -0.2) is 21.1 Å². The summed E-state index contributed by atoms with van der Waals surface area (Å²) < 4.78 is 10.5. The molecule has 0 aliphatic carbocycles. The number of hydrogen-bond acceptors (Lipinski definition) is 6. The van der Waals surface area contributed by atoms with Gasteiger partial charge in [0.15, 0.2) is 5.76 Å². The third kappa shape index (κ3) is 2.92. The highest BCUT2D eigenvalue weighted by molar-refractivity contribution is 5.91. The Bertz CT molecular complexity index is 956. The van der Waals surface area contributed by atoms with E-state index in [1.54, 1.807) is 31.2 Å². The molecule has 0 radical (unpaired) electrons. The van der Waals surface area contributed by atoms with Crippen LogP contribution in [0.3, 0.4) is 0 Å². The Morgan fingerprint density at radius 3 is 2.83 bits per heavy atom. The molecule has 0 bridgehead atoms. The summed E-state index contributed by atoms with van der Waals surface area (Å²) in [5, 5.41) is 4.31. The molecule has 3 aromatic rings. The fourth-order valence-corrected chi connectivity index (χ4v) is 2.44. The van der Waals surface area contributed by atoms with Gasteiger partial charge in [-0.2, -0.15) is 0 Å². The van der Waals surface area contributed by atoms with Crippen molar-refractivity contribution >= 4 is 16.9 Å². The van der Waals surface area contributed by atoms with Crippen LogP contribution in [0, 0.1) is 6.92 Å². The molecule has 3 rings (SSSR count). The van der Waals surface area contributed by atoms with E-state index in [0.29, 0.717) is 27.9 Å². The number of nitrogens with one attached hydrogen (secondary N) is 1. The Kier molecular flexibility index (Phi) is 4.16. The van der Waals surface area contributed by atoms with E-state index >= 15 is 0 Å². The molecule has 0 aliphatic heterocycles. The van der Waals surface area contributed by atoms with Crippen molar-refractivity contribution in [1.29, 1.82) is 0 Å². The lowest BCUT2D eigenvalue weighted by Gasteiger charge is -2.07. The largest absolute Gasteiger partial charge is 0.454 e. The van der Waals surface area contributed by atoms with Gasteiger partial charge in [0.05, 0.1) is 16.6 Å². The van der Waals surface area contributed by atoms with Crippen LogP contribution in [0.4, 0.5) is 0 Å². The maximum absolute atomic E-state index is 12.3. The van der Waals surface area contributed by atoms with E-state index in [-0.39, 0.29) is 23.9 Å². The van der Waals surface area contributed by atoms with Crippen molar-refractivity contribution in [2.45, 2.75) is 33.3 Å².